The maximum atomic E-state index is 6.60. The van der Waals surface area contributed by atoms with Gasteiger partial charge in [0.15, 0.2) is 5.60 Å². The minimum absolute atomic E-state index is 0.421. The van der Waals surface area contributed by atoms with Gasteiger partial charge in [-0.3, -0.25) is 0 Å². The molecule has 24 heavy (non-hydrogen) atoms. The van der Waals surface area contributed by atoms with Crippen LogP contribution in [0.15, 0.2) is 60.9 Å². The lowest BCUT2D eigenvalue weighted by atomic mass is 9.79. The summed E-state index contributed by atoms with van der Waals surface area (Å²) in [6.07, 6.45) is 1.62. The Morgan fingerprint density at radius 1 is 0.917 bits per heavy atom. The minimum Gasteiger partial charge on any atom is -0.459 e. The Hall–Kier alpha value is -1.48. The highest BCUT2D eigenvalue weighted by Crippen LogP contribution is 2.59. The third kappa shape index (κ3) is 2.36. The van der Waals surface area contributed by atoms with E-state index in [2.05, 4.69) is 13.5 Å². The van der Waals surface area contributed by atoms with E-state index in [0.29, 0.717) is 21.7 Å². The van der Waals surface area contributed by atoms with E-state index in [1.807, 2.05) is 48.5 Å². The molecule has 0 radical (unpaired) electrons. The number of benzene rings is 2. The number of halogens is 2. The molecule has 1 unspecified atom stereocenters. The molecular formula is C20H18Cl2O2. The minimum atomic E-state index is -0.807. The highest BCUT2D eigenvalue weighted by atomic mass is 35.5. The maximum absolute atomic E-state index is 6.60. The second-order valence-electron chi connectivity index (χ2n) is 6.73. The molecule has 2 saturated heterocycles. The summed E-state index contributed by atoms with van der Waals surface area (Å²) in [5, 5.41) is 1.40. The molecule has 2 aliphatic heterocycles. The first-order valence-electron chi connectivity index (χ1n) is 8.04. The fourth-order valence-electron chi connectivity index (χ4n) is 3.90. The van der Waals surface area contributed by atoms with Crippen molar-refractivity contribution in [2.45, 2.75) is 31.2 Å². The molecule has 3 atom stereocenters. The lowest BCUT2D eigenvalue weighted by Gasteiger charge is -2.40. The average Bonchev–Trinajstić information content (AvgIpc) is 2.76. The molecule has 0 aromatic heterocycles. The Morgan fingerprint density at radius 2 is 1.46 bits per heavy atom. The first-order chi connectivity index (χ1) is 11.4. The summed E-state index contributed by atoms with van der Waals surface area (Å²) in [4.78, 5) is 0. The lowest BCUT2D eigenvalue weighted by molar-refractivity contribution is -0.234. The van der Waals surface area contributed by atoms with Crippen molar-refractivity contribution in [2.75, 3.05) is 0 Å². The Balaban J connectivity index is 1.81. The van der Waals surface area contributed by atoms with Crippen molar-refractivity contribution in [1.29, 1.82) is 0 Å². The Bertz CT molecular complexity index is 784. The normalized spacial score (nSPS) is 31.8. The van der Waals surface area contributed by atoms with Crippen molar-refractivity contribution in [1.82, 2.24) is 0 Å². The molecular weight excluding hydrogens is 343 g/mol. The molecule has 2 heterocycles. The van der Waals surface area contributed by atoms with Gasteiger partial charge in [-0.25, -0.2) is 0 Å². The zero-order valence-corrected chi connectivity index (χ0v) is 14.9. The van der Waals surface area contributed by atoms with Gasteiger partial charge in [0.25, 0.3) is 0 Å². The highest BCUT2D eigenvalue weighted by molar-refractivity contribution is 6.30. The van der Waals surface area contributed by atoms with Crippen LogP contribution in [0, 0.1) is 5.92 Å². The summed E-state index contributed by atoms with van der Waals surface area (Å²) in [5.41, 5.74) is 1.36. The Kier molecular flexibility index (Phi) is 3.68. The molecule has 2 fully saturated rings. The van der Waals surface area contributed by atoms with Crippen molar-refractivity contribution in [2.24, 2.45) is 5.92 Å². The van der Waals surface area contributed by atoms with E-state index in [9.17, 15) is 0 Å². The SMILES string of the molecule is C=C1O[C@@]2(c3ccc(Cl)cc3)CC(C)C[C@]1(c1ccc(Cl)cc1)O2. The monoisotopic (exact) mass is 360 g/mol. The van der Waals surface area contributed by atoms with E-state index in [0.717, 1.165) is 24.0 Å². The van der Waals surface area contributed by atoms with Gasteiger partial charge in [-0.05, 0) is 42.2 Å². The predicted octanol–water partition coefficient (Wildman–Crippen LogP) is 6.03. The molecule has 2 aromatic carbocycles. The van der Waals surface area contributed by atoms with Crippen molar-refractivity contribution in [3.63, 3.8) is 0 Å². The van der Waals surface area contributed by atoms with Crippen LogP contribution in [-0.4, -0.2) is 0 Å². The van der Waals surface area contributed by atoms with Crippen LogP contribution in [0.4, 0.5) is 0 Å². The second kappa shape index (κ2) is 5.52. The molecule has 124 valence electrons. The van der Waals surface area contributed by atoms with Crippen molar-refractivity contribution < 1.29 is 9.47 Å². The fourth-order valence-corrected chi connectivity index (χ4v) is 4.15. The predicted molar refractivity (Wildman–Crippen MR) is 96.0 cm³/mol. The quantitative estimate of drug-likeness (QED) is 0.650. The summed E-state index contributed by atoms with van der Waals surface area (Å²) >= 11 is 12.1. The molecule has 4 heteroatoms. The van der Waals surface area contributed by atoms with E-state index < -0.39 is 11.4 Å². The topological polar surface area (TPSA) is 18.5 Å². The van der Waals surface area contributed by atoms with Gasteiger partial charge >= 0.3 is 0 Å². The number of rotatable bonds is 2. The van der Waals surface area contributed by atoms with Crippen LogP contribution in [0.5, 0.6) is 0 Å². The van der Waals surface area contributed by atoms with Gasteiger partial charge in [0.05, 0.1) is 0 Å². The van der Waals surface area contributed by atoms with Crippen molar-refractivity contribution in [3.8, 4) is 0 Å². The third-order valence-electron chi connectivity index (χ3n) is 4.93. The highest BCUT2D eigenvalue weighted by Gasteiger charge is 2.60. The smallest absolute Gasteiger partial charge is 0.238 e. The first kappa shape index (κ1) is 16.0. The van der Waals surface area contributed by atoms with Crippen LogP contribution in [0.2, 0.25) is 10.0 Å². The van der Waals surface area contributed by atoms with Crippen molar-refractivity contribution in [3.05, 3.63) is 82.0 Å². The van der Waals surface area contributed by atoms with Crippen LogP contribution >= 0.6 is 23.2 Å². The third-order valence-corrected chi connectivity index (χ3v) is 5.43. The number of hydrogen-bond donors (Lipinski definition) is 0. The van der Waals surface area contributed by atoms with Gasteiger partial charge in [-0.2, -0.15) is 0 Å². The van der Waals surface area contributed by atoms with Gasteiger partial charge < -0.3 is 9.47 Å². The summed E-state index contributed by atoms with van der Waals surface area (Å²) < 4.78 is 12.9. The van der Waals surface area contributed by atoms with E-state index >= 15 is 0 Å². The van der Waals surface area contributed by atoms with E-state index in [1.54, 1.807) is 0 Å². The Morgan fingerprint density at radius 3 is 2.04 bits per heavy atom. The number of fused-ring (bicyclic) bond motifs is 2. The maximum Gasteiger partial charge on any atom is 0.238 e. The molecule has 0 aliphatic carbocycles. The van der Waals surface area contributed by atoms with E-state index in [1.165, 1.54) is 0 Å². The molecule has 0 N–H and O–H groups in total. The molecule has 4 rings (SSSR count). The van der Waals surface area contributed by atoms with Crippen LogP contribution in [0.3, 0.4) is 0 Å². The summed E-state index contributed by atoms with van der Waals surface area (Å²) in [6.45, 7) is 6.41. The van der Waals surface area contributed by atoms with Crippen LogP contribution in [0.1, 0.15) is 30.9 Å². The molecule has 2 nitrogen and oxygen atoms in total. The van der Waals surface area contributed by atoms with E-state index in [-0.39, 0.29) is 0 Å². The number of ether oxygens (including phenoxy) is 2. The molecule has 0 spiro atoms. The van der Waals surface area contributed by atoms with Crippen LogP contribution in [-0.2, 0) is 20.9 Å². The molecule has 2 aliphatic rings. The number of hydrogen-bond acceptors (Lipinski definition) is 2. The second-order valence-corrected chi connectivity index (χ2v) is 7.61. The fraction of sp³-hybridized carbons (Fsp3) is 0.300. The van der Waals surface area contributed by atoms with Gasteiger partial charge in [0.2, 0.25) is 5.79 Å². The molecule has 2 aromatic rings. The van der Waals surface area contributed by atoms with Crippen molar-refractivity contribution >= 4 is 23.2 Å². The summed E-state index contributed by atoms with van der Waals surface area (Å²) in [7, 11) is 0. The summed E-state index contributed by atoms with van der Waals surface area (Å²) in [5.74, 6) is 0.271. The zero-order valence-electron chi connectivity index (χ0n) is 13.4. The molecule has 2 bridgehead atoms. The molecule has 0 amide bonds. The van der Waals surface area contributed by atoms with Gasteiger partial charge in [0.1, 0.15) is 5.76 Å². The molecule has 0 saturated carbocycles. The Labute approximate surface area is 152 Å². The standard InChI is InChI=1S/C20H18Cl2O2/c1-13-11-19(15-3-7-17(21)8-4-15)14(2)23-20(12-13,24-19)16-5-9-18(22)10-6-16/h3-10,13H,2,11-12H2,1H3/t13?,19-,20-/m0/s1. The lowest BCUT2D eigenvalue weighted by Crippen LogP contribution is -2.40. The largest absolute Gasteiger partial charge is 0.459 e. The summed E-state index contributed by atoms with van der Waals surface area (Å²) in [6, 6.07) is 15.4. The zero-order chi connectivity index (χ0) is 16.9. The van der Waals surface area contributed by atoms with Gasteiger partial charge in [-0.1, -0.05) is 61.0 Å². The first-order valence-corrected chi connectivity index (χ1v) is 8.80. The average molecular weight is 361 g/mol. The van der Waals surface area contributed by atoms with Gasteiger partial charge in [0, 0.05) is 22.0 Å². The van der Waals surface area contributed by atoms with Gasteiger partial charge in [-0.15, -0.1) is 0 Å². The van der Waals surface area contributed by atoms with Crippen LogP contribution < -0.4 is 0 Å². The van der Waals surface area contributed by atoms with E-state index in [4.69, 9.17) is 32.7 Å². The van der Waals surface area contributed by atoms with Crippen LogP contribution in [0.25, 0.3) is 0 Å².